The van der Waals surface area contributed by atoms with E-state index >= 15 is 0 Å². The summed E-state index contributed by atoms with van der Waals surface area (Å²) in [7, 11) is -0.601. The highest BCUT2D eigenvalue weighted by Gasteiger charge is 2.52. The van der Waals surface area contributed by atoms with E-state index in [1.54, 1.807) is 24.3 Å². The largest absolute Gasteiger partial charge is 0.498 e. The fourth-order valence-electron chi connectivity index (χ4n) is 2.83. The molecule has 0 spiro atoms. The Bertz CT molecular complexity index is 931. The molecule has 0 amide bonds. The molecule has 0 unspecified atom stereocenters. The van der Waals surface area contributed by atoms with Crippen LogP contribution in [0.2, 0.25) is 0 Å². The zero-order valence-electron chi connectivity index (χ0n) is 17.3. The van der Waals surface area contributed by atoms with Gasteiger partial charge in [-0.05, 0) is 63.6 Å². The molecule has 0 saturated carbocycles. The summed E-state index contributed by atoms with van der Waals surface area (Å²) >= 11 is 0. The molecule has 1 aliphatic heterocycles. The first-order valence-electron chi connectivity index (χ1n) is 9.41. The SMILES string of the molecule is CC(=O)OCc1ccc(B2OC(C)(C)C(C)(C)O2)c(Oc2ccc(C#N)cc2)c1. The van der Waals surface area contributed by atoms with Gasteiger partial charge in [-0.1, -0.05) is 12.1 Å². The number of rotatable bonds is 5. The fraction of sp³-hybridized carbons (Fsp3) is 0.364. The standard InChI is InChI=1S/C22H24BNO5/c1-15(25)26-14-17-8-11-19(23-28-21(2,3)22(4,5)29-23)20(12-17)27-18-9-6-16(13-24)7-10-18/h6-12H,14H2,1-5H3. The highest BCUT2D eigenvalue weighted by molar-refractivity contribution is 6.63. The molecule has 6 nitrogen and oxygen atoms in total. The van der Waals surface area contributed by atoms with E-state index in [0.717, 1.165) is 11.0 Å². The van der Waals surface area contributed by atoms with Crippen molar-refractivity contribution in [1.82, 2.24) is 0 Å². The van der Waals surface area contributed by atoms with Crippen molar-refractivity contribution in [2.24, 2.45) is 0 Å². The average Bonchev–Trinajstić information content (AvgIpc) is 2.88. The molecule has 1 saturated heterocycles. The monoisotopic (exact) mass is 393 g/mol. The van der Waals surface area contributed by atoms with Crippen LogP contribution in [0.15, 0.2) is 42.5 Å². The molecule has 0 aliphatic carbocycles. The minimum Gasteiger partial charge on any atom is -0.461 e. The van der Waals surface area contributed by atoms with Gasteiger partial charge in [0.25, 0.3) is 0 Å². The molecule has 1 heterocycles. The number of hydrogen-bond acceptors (Lipinski definition) is 6. The molecule has 2 aromatic carbocycles. The Kier molecular flexibility index (Phi) is 5.69. The Labute approximate surface area is 171 Å². The van der Waals surface area contributed by atoms with Gasteiger partial charge >= 0.3 is 13.1 Å². The van der Waals surface area contributed by atoms with Gasteiger partial charge in [-0.25, -0.2) is 0 Å². The van der Waals surface area contributed by atoms with Gasteiger partial charge < -0.3 is 18.8 Å². The van der Waals surface area contributed by atoms with Crippen molar-refractivity contribution in [2.45, 2.75) is 52.4 Å². The molecule has 0 atom stereocenters. The Morgan fingerprint density at radius 1 is 1.07 bits per heavy atom. The highest BCUT2D eigenvalue weighted by atomic mass is 16.7. The molecular weight excluding hydrogens is 369 g/mol. The lowest BCUT2D eigenvalue weighted by Crippen LogP contribution is -2.41. The summed E-state index contributed by atoms with van der Waals surface area (Å²) in [6.45, 7) is 9.47. The van der Waals surface area contributed by atoms with Crippen LogP contribution in [-0.2, 0) is 25.4 Å². The van der Waals surface area contributed by atoms with Crippen molar-refractivity contribution in [1.29, 1.82) is 5.26 Å². The second kappa shape index (κ2) is 7.90. The number of benzene rings is 2. The van der Waals surface area contributed by atoms with Gasteiger partial charge in [0.15, 0.2) is 0 Å². The van der Waals surface area contributed by atoms with Crippen LogP contribution in [0.3, 0.4) is 0 Å². The van der Waals surface area contributed by atoms with Crippen LogP contribution < -0.4 is 10.2 Å². The van der Waals surface area contributed by atoms with Gasteiger partial charge in [0.05, 0.1) is 22.8 Å². The van der Waals surface area contributed by atoms with E-state index in [4.69, 9.17) is 24.0 Å². The van der Waals surface area contributed by atoms with Crippen molar-refractivity contribution < 1.29 is 23.6 Å². The Morgan fingerprint density at radius 2 is 1.69 bits per heavy atom. The first kappa shape index (κ1) is 20.9. The minimum absolute atomic E-state index is 0.142. The number of esters is 1. The number of carbonyl (C=O) groups is 1. The molecule has 0 N–H and O–H groups in total. The molecule has 0 aromatic heterocycles. The molecule has 2 aromatic rings. The summed E-state index contributed by atoms with van der Waals surface area (Å²) in [6.07, 6.45) is 0. The smallest absolute Gasteiger partial charge is 0.461 e. The maximum Gasteiger partial charge on any atom is 0.498 e. The molecule has 0 radical (unpaired) electrons. The van der Waals surface area contributed by atoms with Gasteiger partial charge in [0, 0.05) is 12.4 Å². The van der Waals surface area contributed by atoms with Crippen molar-refractivity contribution >= 4 is 18.6 Å². The molecule has 3 rings (SSSR count). The number of hydrogen-bond donors (Lipinski definition) is 0. The van der Waals surface area contributed by atoms with E-state index in [-0.39, 0.29) is 12.6 Å². The number of nitrogens with zero attached hydrogens (tertiary/aromatic N) is 1. The summed E-state index contributed by atoms with van der Waals surface area (Å²) in [5.74, 6) is 0.763. The number of carbonyl (C=O) groups excluding carboxylic acids is 1. The van der Waals surface area contributed by atoms with Crippen LogP contribution in [-0.4, -0.2) is 24.3 Å². The van der Waals surface area contributed by atoms with E-state index in [2.05, 4.69) is 6.07 Å². The van der Waals surface area contributed by atoms with E-state index in [0.29, 0.717) is 17.1 Å². The van der Waals surface area contributed by atoms with E-state index in [1.807, 2.05) is 45.9 Å². The summed E-state index contributed by atoms with van der Waals surface area (Å²) in [4.78, 5) is 11.2. The van der Waals surface area contributed by atoms with E-state index in [9.17, 15) is 4.79 Å². The lowest BCUT2D eigenvalue weighted by molar-refractivity contribution is -0.142. The normalized spacial score (nSPS) is 16.9. The zero-order chi connectivity index (χ0) is 21.2. The van der Waals surface area contributed by atoms with Crippen LogP contribution in [0.4, 0.5) is 0 Å². The quantitative estimate of drug-likeness (QED) is 0.569. The fourth-order valence-corrected chi connectivity index (χ4v) is 2.83. The maximum absolute atomic E-state index is 11.2. The van der Waals surface area contributed by atoms with Crippen molar-refractivity contribution in [3.63, 3.8) is 0 Å². The first-order valence-corrected chi connectivity index (χ1v) is 9.41. The third kappa shape index (κ3) is 4.61. The average molecular weight is 393 g/mol. The molecule has 29 heavy (non-hydrogen) atoms. The van der Waals surface area contributed by atoms with Gasteiger partial charge in [-0.15, -0.1) is 0 Å². The summed E-state index contributed by atoms with van der Waals surface area (Å²) in [5.41, 5.74) is 1.09. The lowest BCUT2D eigenvalue weighted by atomic mass is 9.78. The third-order valence-electron chi connectivity index (χ3n) is 5.24. The van der Waals surface area contributed by atoms with Gasteiger partial charge in [0.1, 0.15) is 18.1 Å². The summed E-state index contributed by atoms with van der Waals surface area (Å²) in [6, 6.07) is 14.4. The van der Waals surface area contributed by atoms with Gasteiger partial charge in [-0.2, -0.15) is 5.26 Å². The van der Waals surface area contributed by atoms with Gasteiger partial charge in [-0.3, -0.25) is 4.79 Å². The Hall–Kier alpha value is -2.82. The lowest BCUT2D eigenvalue weighted by Gasteiger charge is -2.32. The van der Waals surface area contributed by atoms with Crippen molar-refractivity contribution in [3.8, 4) is 17.6 Å². The topological polar surface area (TPSA) is 77.8 Å². The molecule has 0 bridgehead atoms. The first-order chi connectivity index (χ1) is 13.6. The third-order valence-corrected chi connectivity index (χ3v) is 5.24. The summed E-state index contributed by atoms with van der Waals surface area (Å²) < 4.78 is 23.5. The van der Waals surface area contributed by atoms with Crippen LogP contribution in [0.5, 0.6) is 11.5 Å². The number of nitriles is 1. The highest BCUT2D eigenvalue weighted by Crippen LogP contribution is 2.37. The predicted molar refractivity (Wildman–Crippen MR) is 109 cm³/mol. The second-order valence-corrected chi connectivity index (χ2v) is 7.98. The second-order valence-electron chi connectivity index (χ2n) is 7.98. The van der Waals surface area contributed by atoms with Gasteiger partial charge in [0.2, 0.25) is 0 Å². The zero-order valence-corrected chi connectivity index (χ0v) is 17.3. The molecule has 7 heteroatoms. The van der Waals surface area contributed by atoms with Crippen molar-refractivity contribution in [2.75, 3.05) is 0 Å². The van der Waals surface area contributed by atoms with Crippen LogP contribution in [0, 0.1) is 11.3 Å². The van der Waals surface area contributed by atoms with Crippen LogP contribution in [0.25, 0.3) is 0 Å². The minimum atomic E-state index is -0.601. The molecule has 150 valence electrons. The van der Waals surface area contributed by atoms with Crippen molar-refractivity contribution in [3.05, 3.63) is 53.6 Å². The van der Waals surface area contributed by atoms with E-state index < -0.39 is 18.3 Å². The molecule has 1 fully saturated rings. The Balaban J connectivity index is 1.94. The Morgan fingerprint density at radius 3 is 2.24 bits per heavy atom. The summed E-state index contributed by atoms with van der Waals surface area (Å²) in [5, 5.41) is 8.98. The van der Waals surface area contributed by atoms with E-state index in [1.165, 1.54) is 6.92 Å². The van der Waals surface area contributed by atoms with Crippen LogP contribution >= 0.6 is 0 Å². The molecule has 1 aliphatic rings. The van der Waals surface area contributed by atoms with Crippen LogP contribution in [0.1, 0.15) is 45.7 Å². The number of ether oxygens (including phenoxy) is 2. The predicted octanol–water partition coefficient (Wildman–Crippen LogP) is 3.71. The maximum atomic E-state index is 11.2. The molecular formula is C22H24BNO5.